The van der Waals surface area contributed by atoms with Crippen molar-refractivity contribution in [1.82, 2.24) is 9.97 Å². The van der Waals surface area contributed by atoms with Crippen LogP contribution < -0.4 is 10.6 Å². The molecule has 0 aliphatic rings. The van der Waals surface area contributed by atoms with E-state index >= 15 is 0 Å². The Kier molecular flexibility index (Phi) is 4.03. The molecule has 0 aromatic carbocycles. The summed E-state index contributed by atoms with van der Waals surface area (Å²) in [5.74, 6) is 1.36. The molecule has 2 N–H and O–H groups in total. The Morgan fingerprint density at radius 1 is 1.33 bits per heavy atom. The molecule has 4 nitrogen and oxygen atoms in total. The maximum atomic E-state index is 5.74. The molecule has 15 heavy (non-hydrogen) atoms. The van der Waals surface area contributed by atoms with Gasteiger partial charge in [0.1, 0.15) is 12.1 Å². The van der Waals surface area contributed by atoms with Gasteiger partial charge in [0.25, 0.3) is 0 Å². The van der Waals surface area contributed by atoms with Crippen molar-refractivity contribution < 1.29 is 0 Å². The molecule has 0 bridgehead atoms. The lowest BCUT2D eigenvalue weighted by Gasteiger charge is -2.20. The van der Waals surface area contributed by atoms with Gasteiger partial charge in [0.05, 0.1) is 0 Å². The molecule has 1 aromatic heterocycles. The molecule has 1 aromatic rings. The Bertz CT molecular complexity index is 309. The van der Waals surface area contributed by atoms with Crippen LogP contribution in [0, 0.1) is 0 Å². The summed E-state index contributed by atoms with van der Waals surface area (Å²) >= 11 is 0. The molecule has 0 spiro atoms. The van der Waals surface area contributed by atoms with Crippen LogP contribution in [0.2, 0.25) is 0 Å². The summed E-state index contributed by atoms with van der Waals surface area (Å²) in [5.41, 5.74) is 6.81. The molecule has 0 radical (unpaired) electrons. The summed E-state index contributed by atoms with van der Waals surface area (Å²) < 4.78 is 0. The minimum absolute atomic E-state index is 0.146. The highest BCUT2D eigenvalue weighted by Gasteiger charge is 2.07. The first-order chi connectivity index (χ1) is 7.00. The van der Waals surface area contributed by atoms with E-state index in [1.807, 2.05) is 20.0 Å². The molecule has 0 saturated heterocycles. The zero-order valence-electron chi connectivity index (χ0n) is 9.94. The van der Waals surface area contributed by atoms with Gasteiger partial charge >= 0.3 is 0 Å². The SMILES string of the molecule is CC(N)CN(C)c1cc(C(C)C)ncn1. The van der Waals surface area contributed by atoms with Crippen LogP contribution in [-0.4, -0.2) is 29.6 Å². The first-order valence-electron chi connectivity index (χ1n) is 5.29. The first-order valence-corrected chi connectivity index (χ1v) is 5.29. The smallest absolute Gasteiger partial charge is 0.131 e. The summed E-state index contributed by atoms with van der Waals surface area (Å²) in [6.07, 6.45) is 1.61. The molecule has 0 amide bonds. The molecular formula is C11H20N4. The van der Waals surface area contributed by atoms with Crippen LogP contribution in [0.4, 0.5) is 5.82 Å². The van der Waals surface area contributed by atoms with Gasteiger partial charge in [-0.2, -0.15) is 0 Å². The number of aromatic nitrogens is 2. The number of nitrogens with zero attached hydrogens (tertiary/aromatic N) is 3. The predicted molar refractivity (Wildman–Crippen MR) is 63.0 cm³/mol. The summed E-state index contributed by atoms with van der Waals surface area (Å²) in [4.78, 5) is 10.5. The van der Waals surface area contributed by atoms with Crippen LogP contribution in [-0.2, 0) is 0 Å². The van der Waals surface area contributed by atoms with E-state index in [-0.39, 0.29) is 6.04 Å². The maximum Gasteiger partial charge on any atom is 0.131 e. The lowest BCUT2D eigenvalue weighted by atomic mass is 10.1. The largest absolute Gasteiger partial charge is 0.358 e. The zero-order chi connectivity index (χ0) is 11.4. The van der Waals surface area contributed by atoms with Gasteiger partial charge in [-0.05, 0) is 12.8 Å². The van der Waals surface area contributed by atoms with Crippen LogP contribution in [0.15, 0.2) is 12.4 Å². The average molecular weight is 208 g/mol. The fraction of sp³-hybridized carbons (Fsp3) is 0.636. The molecule has 4 heteroatoms. The van der Waals surface area contributed by atoms with Gasteiger partial charge in [0.2, 0.25) is 0 Å². The standard InChI is InChI=1S/C11H20N4/c1-8(2)10-5-11(14-7-13-10)15(4)6-9(3)12/h5,7-9H,6,12H2,1-4H3. The molecule has 0 aliphatic carbocycles. The second-order valence-electron chi connectivity index (χ2n) is 4.31. The highest BCUT2D eigenvalue weighted by atomic mass is 15.2. The minimum Gasteiger partial charge on any atom is -0.358 e. The van der Waals surface area contributed by atoms with Crippen LogP contribution in [0.5, 0.6) is 0 Å². The summed E-state index contributed by atoms with van der Waals surface area (Å²) in [6, 6.07) is 2.17. The molecule has 1 heterocycles. The van der Waals surface area contributed by atoms with Gasteiger partial charge in [0, 0.05) is 31.4 Å². The second kappa shape index (κ2) is 5.07. The van der Waals surface area contributed by atoms with Crippen molar-refractivity contribution >= 4 is 5.82 Å². The van der Waals surface area contributed by atoms with Crippen molar-refractivity contribution in [1.29, 1.82) is 0 Å². The van der Waals surface area contributed by atoms with Gasteiger partial charge in [-0.3, -0.25) is 0 Å². The number of nitrogens with two attached hydrogens (primary N) is 1. The van der Waals surface area contributed by atoms with E-state index in [0.717, 1.165) is 18.1 Å². The van der Waals surface area contributed by atoms with Crippen molar-refractivity contribution in [2.24, 2.45) is 5.73 Å². The normalized spacial score (nSPS) is 12.9. The Hall–Kier alpha value is -1.16. The molecular weight excluding hydrogens is 188 g/mol. The van der Waals surface area contributed by atoms with Gasteiger partial charge in [-0.1, -0.05) is 13.8 Å². The highest BCUT2D eigenvalue weighted by Crippen LogP contribution is 2.15. The van der Waals surface area contributed by atoms with E-state index < -0.39 is 0 Å². The van der Waals surface area contributed by atoms with Crippen molar-refractivity contribution in [2.75, 3.05) is 18.5 Å². The van der Waals surface area contributed by atoms with Crippen LogP contribution in [0.3, 0.4) is 0 Å². The number of hydrogen-bond donors (Lipinski definition) is 1. The van der Waals surface area contributed by atoms with Crippen molar-refractivity contribution in [3.05, 3.63) is 18.1 Å². The molecule has 0 saturated carbocycles. The Labute approximate surface area is 91.5 Å². The second-order valence-corrected chi connectivity index (χ2v) is 4.31. The fourth-order valence-electron chi connectivity index (χ4n) is 1.41. The van der Waals surface area contributed by atoms with Crippen LogP contribution in [0.1, 0.15) is 32.4 Å². The molecule has 1 unspecified atom stereocenters. The van der Waals surface area contributed by atoms with Crippen molar-refractivity contribution in [3.8, 4) is 0 Å². The fourth-order valence-corrected chi connectivity index (χ4v) is 1.41. The summed E-state index contributed by atoms with van der Waals surface area (Å²) in [6.45, 7) is 7.03. The molecule has 1 rings (SSSR count). The average Bonchev–Trinajstić information content (AvgIpc) is 2.17. The van der Waals surface area contributed by atoms with Gasteiger partial charge < -0.3 is 10.6 Å². The molecule has 1 atom stereocenters. The van der Waals surface area contributed by atoms with E-state index in [9.17, 15) is 0 Å². The van der Waals surface area contributed by atoms with Crippen LogP contribution >= 0.6 is 0 Å². The van der Waals surface area contributed by atoms with Gasteiger partial charge in [-0.15, -0.1) is 0 Å². The minimum atomic E-state index is 0.146. The van der Waals surface area contributed by atoms with Gasteiger partial charge in [0.15, 0.2) is 0 Å². The summed E-state index contributed by atoms with van der Waals surface area (Å²) in [7, 11) is 2.00. The first kappa shape index (κ1) is 11.9. The zero-order valence-corrected chi connectivity index (χ0v) is 9.94. The van der Waals surface area contributed by atoms with Crippen LogP contribution in [0.25, 0.3) is 0 Å². The predicted octanol–water partition coefficient (Wildman–Crippen LogP) is 1.38. The number of likely N-dealkylation sites (N-methyl/N-ethyl adjacent to an activating group) is 1. The topological polar surface area (TPSA) is 55.0 Å². The van der Waals surface area contributed by atoms with E-state index in [0.29, 0.717) is 5.92 Å². The van der Waals surface area contributed by atoms with E-state index in [2.05, 4.69) is 28.7 Å². The number of hydrogen-bond acceptors (Lipinski definition) is 4. The van der Waals surface area contributed by atoms with E-state index in [1.165, 1.54) is 0 Å². The highest BCUT2D eigenvalue weighted by molar-refractivity contribution is 5.38. The molecule has 84 valence electrons. The Morgan fingerprint density at radius 3 is 2.53 bits per heavy atom. The lowest BCUT2D eigenvalue weighted by Crippen LogP contribution is -2.33. The van der Waals surface area contributed by atoms with E-state index in [4.69, 9.17) is 5.73 Å². The summed E-state index contributed by atoms with van der Waals surface area (Å²) in [5, 5.41) is 0. The molecule has 0 fully saturated rings. The van der Waals surface area contributed by atoms with E-state index in [1.54, 1.807) is 6.33 Å². The van der Waals surface area contributed by atoms with Gasteiger partial charge in [-0.25, -0.2) is 9.97 Å². The third-order valence-electron chi connectivity index (χ3n) is 2.22. The molecule has 0 aliphatic heterocycles. The third-order valence-corrected chi connectivity index (χ3v) is 2.22. The third kappa shape index (κ3) is 3.47. The number of anilines is 1. The van der Waals surface area contributed by atoms with Crippen molar-refractivity contribution in [2.45, 2.75) is 32.7 Å². The monoisotopic (exact) mass is 208 g/mol. The lowest BCUT2D eigenvalue weighted by molar-refractivity contribution is 0.708. The Balaban J connectivity index is 2.80. The maximum absolute atomic E-state index is 5.74. The Morgan fingerprint density at radius 2 is 2.00 bits per heavy atom. The quantitative estimate of drug-likeness (QED) is 0.812. The van der Waals surface area contributed by atoms with Crippen molar-refractivity contribution in [3.63, 3.8) is 0 Å². The number of rotatable bonds is 4.